The molecule has 2 aliphatic heterocycles. The molecule has 0 unspecified atom stereocenters. The highest BCUT2D eigenvalue weighted by atomic mass is 35.5. The largest absolute Gasteiger partial charge is 0.454 e. The van der Waals surface area contributed by atoms with E-state index in [9.17, 15) is 9.59 Å². The van der Waals surface area contributed by atoms with Crippen LogP contribution in [-0.2, 0) is 0 Å². The van der Waals surface area contributed by atoms with Crippen molar-refractivity contribution in [3.05, 3.63) is 53.1 Å². The van der Waals surface area contributed by atoms with E-state index in [4.69, 9.17) is 21.1 Å². The molecule has 2 aliphatic rings. The van der Waals surface area contributed by atoms with Gasteiger partial charge < -0.3 is 14.4 Å². The van der Waals surface area contributed by atoms with Gasteiger partial charge in [-0.3, -0.25) is 4.79 Å². The van der Waals surface area contributed by atoms with Gasteiger partial charge in [0, 0.05) is 23.7 Å². The number of carbonyl (C=O) groups excluding carboxylic acids is 2. The minimum atomic E-state index is -0.425. The van der Waals surface area contributed by atoms with Crippen LogP contribution in [0.3, 0.4) is 0 Å². The third kappa shape index (κ3) is 3.57. The Hall–Kier alpha value is -2.73. The van der Waals surface area contributed by atoms with Crippen molar-refractivity contribution < 1.29 is 19.1 Å². The second kappa shape index (κ2) is 7.48. The molecule has 0 spiro atoms. The second-order valence-electron chi connectivity index (χ2n) is 6.52. The number of urea groups is 1. The first-order valence-corrected chi connectivity index (χ1v) is 9.30. The molecule has 0 aliphatic carbocycles. The molecular formula is C20H19ClN2O4. The van der Waals surface area contributed by atoms with Gasteiger partial charge in [-0.05, 0) is 55.7 Å². The Morgan fingerprint density at radius 3 is 2.52 bits per heavy atom. The predicted octanol–water partition coefficient (Wildman–Crippen LogP) is 4.32. The van der Waals surface area contributed by atoms with Crippen molar-refractivity contribution >= 4 is 29.2 Å². The summed E-state index contributed by atoms with van der Waals surface area (Å²) in [7, 11) is 0. The number of anilines is 1. The quantitative estimate of drug-likeness (QED) is 0.771. The van der Waals surface area contributed by atoms with Gasteiger partial charge in [0.25, 0.3) is 5.91 Å². The van der Waals surface area contributed by atoms with Crippen LogP contribution in [0.4, 0.5) is 10.5 Å². The van der Waals surface area contributed by atoms with Gasteiger partial charge in [-0.2, -0.15) is 0 Å². The third-order valence-corrected chi connectivity index (χ3v) is 4.94. The van der Waals surface area contributed by atoms with E-state index in [0.717, 1.165) is 19.3 Å². The van der Waals surface area contributed by atoms with Crippen molar-refractivity contribution in [2.24, 2.45) is 0 Å². The summed E-state index contributed by atoms with van der Waals surface area (Å²) < 4.78 is 10.7. The number of ether oxygens (including phenoxy) is 2. The molecule has 0 N–H and O–H groups in total. The van der Waals surface area contributed by atoms with Crippen molar-refractivity contribution in [2.45, 2.75) is 19.3 Å². The number of fused-ring (bicyclic) bond motifs is 1. The van der Waals surface area contributed by atoms with Crippen molar-refractivity contribution in [1.82, 2.24) is 4.90 Å². The maximum absolute atomic E-state index is 13.3. The minimum Gasteiger partial charge on any atom is -0.454 e. The molecule has 140 valence electrons. The maximum Gasteiger partial charge on any atom is 0.331 e. The van der Waals surface area contributed by atoms with E-state index in [0.29, 0.717) is 40.9 Å². The molecule has 6 nitrogen and oxygen atoms in total. The summed E-state index contributed by atoms with van der Waals surface area (Å²) in [5.41, 5.74) is 0.797. The molecule has 0 bridgehead atoms. The molecular weight excluding hydrogens is 368 g/mol. The summed E-state index contributed by atoms with van der Waals surface area (Å²) in [6.07, 6.45) is 2.97. The number of amides is 3. The van der Waals surface area contributed by atoms with Crippen LogP contribution in [0.2, 0.25) is 5.02 Å². The highest BCUT2D eigenvalue weighted by Gasteiger charge is 2.31. The first kappa shape index (κ1) is 17.7. The number of hydrogen-bond donors (Lipinski definition) is 0. The number of benzene rings is 2. The lowest BCUT2D eigenvalue weighted by molar-refractivity contribution is 0.0983. The SMILES string of the molecule is O=C(c1ccc2c(c1)OCO2)N(C(=O)N1CCCCC1)c1cccc(Cl)c1. The predicted molar refractivity (Wildman–Crippen MR) is 102 cm³/mol. The Kier molecular flexibility index (Phi) is 4.90. The average molecular weight is 387 g/mol. The first-order chi connectivity index (χ1) is 13.1. The highest BCUT2D eigenvalue weighted by Crippen LogP contribution is 2.33. The molecule has 1 fully saturated rings. The molecule has 2 aromatic carbocycles. The molecule has 27 heavy (non-hydrogen) atoms. The third-order valence-electron chi connectivity index (χ3n) is 4.71. The molecule has 0 radical (unpaired) electrons. The Bertz CT molecular complexity index is 880. The van der Waals surface area contributed by atoms with Crippen LogP contribution in [0.25, 0.3) is 0 Å². The van der Waals surface area contributed by atoms with Gasteiger partial charge in [0.1, 0.15) is 0 Å². The monoisotopic (exact) mass is 386 g/mol. The number of piperidine rings is 1. The van der Waals surface area contributed by atoms with Crippen LogP contribution in [0, 0.1) is 0 Å². The van der Waals surface area contributed by atoms with E-state index in [1.54, 1.807) is 47.4 Å². The molecule has 0 aromatic heterocycles. The van der Waals surface area contributed by atoms with Gasteiger partial charge in [0.2, 0.25) is 6.79 Å². The zero-order valence-electron chi connectivity index (χ0n) is 14.7. The lowest BCUT2D eigenvalue weighted by atomic mass is 10.1. The molecule has 2 aromatic rings. The number of halogens is 1. The zero-order valence-corrected chi connectivity index (χ0v) is 15.4. The van der Waals surface area contributed by atoms with E-state index in [1.807, 2.05) is 0 Å². The van der Waals surface area contributed by atoms with Crippen molar-refractivity contribution in [1.29, 1.82) is 0 Å². The fourth-order valence-electron chi connectivity index (χ4n) is 3.32. The summed E-state index contributed by atoms with van der Waals surface area (Å²) in [6.45, 7) is 1.41. The lowest BCUT2D eigenvalue weighted by Crippen LogP contribution is -2.48. The minimum absolute atomic E-state index is 0.123. The number of imide groups is 1. The van der Waals surface area contributed by atoms with Gasteiger partial charge in [-0.1, -0.05) is 17.7 Å². The Labute approximate surface area is 162 Å². The van der Waals surface area contributed by atoms with Gasteiger partial charge in [0.05, 0.1) is 5.69 Å². The first-order valence-electron chi connectivity index (χ1n) is 8.92. The number of hydrogen-bond acceptors (Lipinski definition) is 4. The number of nitrogens with zero attached hydrogens (tertiary/aromatic N) is 2. The van der Waals surface area contributed by atoms with Crippen molar-refractivity contribution in [3.63, 3.8) is 0 Å². The van der Waals surface area contributed by atoms with Crippen LogP contribution in [0.15, 0.2) is 42.5 Å². The molecule has 0 saturated carbocycles. The normalized spacial score (nSPS) is 15.5. The molecule has 4 rings (SSSR count). The van der Waals surface area contributed by atoms with Gasteiger partial charge in [-0.15, -0.1) is 0 Å². The van der Waals surface area contributed by atoms with E-state index >= 15 is 0 Å². The summed E-state index contributed by atoms with van der Waals surface area (Å²) in [5, 5.41) is 0.461. The lowest BCUT2D eigenvalue weighted by Gasteiger charge is -2.32. The summed E-state index contributed by atoms with van der Waals surface area (Å²) in [5.74, 6) is 0.659. The molecule has 2 heterocycles. The van der Waals surface area contributed by atoms with E-state index < -0.39 is 5.91 Å². The molecule has 1 saturated heterocycles. The zero-order chi connectivity index (χ0) is 18.8. The molecule has 3 amide bonds. The Morgan fingerprint density at radius 2 is 1.74 bits per heavy atom. The van der Waals surface area contributed by atoms with Crippen LogP contribution in [0.1, 0.15) is 29.6 Å². The van der Waals surface area contributed by atoms with Gasteiger partial charge >= 0.3 is 6.03 Å². The van der Waals surface area contributed by atoms with E-state index in [1.165, 1.54) is 4.90 Å². The van der Waals surface area contributed by atoms with Crippen molar-refractivity contribution in [2.75, 3.05) is 24.8 Å². The van der Waals surface area contributed by atoms with Crippen molar-refractivity contribution in [3.8, 4) is 11.5 Å². The summed E-state index contributed by atoms with van der Waals surface area (Å²) in [6, 6.07) is 11.3. The average Bonchev–Trinajstić information content (AvgIpc) is 3.16. The fraction of sp³-hybridized carbons (Fsp3) is 0.300. The van der Waals surface area contributed by atoms with E-state index in [2.05, 4.69) is 0 Å². The molecule has 7 heteroatoms. The van der Waals surface area contributed by atoms with Gasteiger partial charge in [0.15, 0.2) is 11.5 Å². The summed E-state index contributed by atoms with van der Waals surface area (Å²) >= 11 is 6.11. The number of carbonyl (C=O) groups is 2. The van der Waals surface area contributed by atoms with Crippen LogP contribution in [0.5, 0.6) is 11.5 Å². The number of likely N-dealkylation sites (tertiary alicyclic amines) is 1. The second-order valence-corrected chi connectivity index (χ2v) is 6.96. The van der Waals surface area contributed by atoms with Gasteiger partial charge in [-0.25, -0.2) is 9.69 Å². The molecule has 0 atom stereocenters. The van der Waals surface area contributed by atoms with E-state index in [-0.39, 0.29) is 12.8 Å². The fourth-order valence-corrected chi connectivity index (χ4v) is 3.50. The topological polar surface area (TPSA) is 59.1 Å². The Morgan fingerprint density at radius 1 is 0.963 bits per heavy atom. The van der Waals surface area contributed by atoms with Crippen LogP contribution >= 0.6 is 11.6 Å². The number of rotatable bonds is 2. The Balaban J connectivity index is 1.70. The maximum atomic E-state index is 13.3. The van der Waals surface area contributed by atoms with Crippen LogP contribution in [-0.4, -0.2) is 36.7 Å². The highest BCUT2D eigenvalue weighted by molar-refractivity contribution is 6.31. The smallest absolute Gasteiger partial charge is 0.331 e. The standard InChI is InChI=1S/C20H19ClN2O4/c21-15-5-4-6-16(12-15)23(20(25)22-9-2-1-3-10-22)19(24)14-7-8-17-18(11-14)27-13-26-17/h4-8,11-12H,1-3,9-10,13H2. The summed E-state index contributed by atoms with van der Waals surface area (Å²) in [4.78, 5) is 29.4. The van der Waals surface area contributed by atoms with Crippen LogP contribution < -0.4 is 14.4 Å².